The van der Waals surface area contributed by atoms with Gasteiger partial charge in [0, 0.05) is 28.3 Å². The van der Waals surface area contributed by atoms with Gasteiger partial charge in [-0.25, -0.2) is 8.42 Å². The Hall–Kier alpha value is -2.17. The first kappa shape index (κ1) is 19.6. The van der Waals surface area contributed by atoms with Crippen LogP contribution in [0.25, 0.3) is 0 Å². The average Bonchev–Trinajstić information content (AvgIpc) is 3.30. The number of carbonyl (C=O) groups excluding carboxylic acids is 1. The van der Waals surface area contributed by atoms with E-state index in [0.29, 0.717) is 18.5 Å². The van der Waals surface area contributed by atoms with Crippen LogP contribution in [0.1, 0.15) is 51.8 Å². The maximum Gasteiger partial charge on any atom is 0.254 e. The predicted molar refractivity (Wildman–Crippen MR) is 105 cm³/mol. The molecule has 0 radical (unpaired) electrons. The Labute approximate surface area is 164 Å². The smallest absolute Gasteiger partial charge is 0.254 e. The molecule has 1 unspecified atom stereocenters. The Balaban J connectivity index is 1.75. The van der Waals surface area contributed by atoms with Gasteiger partial charge in [0.1, 0.15) is 0 Å². The zero-order valence-corrected chi connectivity index (χ0v) is 16.9. The number of aryl methyl sites for hydroxylation is 1. The molecule has 1 fully saturated rings. The molecule has 0 spiro atoms. The summed E-state index contributed by atoms with van der Waals surface area (Å²) in [5, 5.41) is 8.55. The maximum absolute atomic E-state index is 13.0. The third-order valence-electron chi connectivity index (χ3n) is 4.77. The molecule has 7 heteroatoms. The number of nitriles is 1. The molecular formula is C20H22N2O3S2. The lowest BCUT2D eigenvalue weighted by atomic mass is 10.1. The fourth-order valence-electron chi connectivity index (χ4n) is 3.37. The van der Waals surface area contributed by atoms with Crippen LogP contribution in [0.15, 0.2) is 41.3 Å². The van der Waals surface area contributed by atoms with Crippen molar-refractivity contribution in [3.8, 4) is 6.07 Å². The maximum atomic E-state index is 13.0. The Kier molecular flexibility index (Phi) is 5.98. The number of thiophene rings is 1. The molecule has 0 bridgehead atoms. The van der Waals surface area contributed by atoms with Crippen molar-refractivity contribution in [3.05, 3.63) is 51.7 Å². The Bertz CT molecular complexity index is 956. The lowest BCUT2D eigenvalue weighted by Gasteiger charge is -2.24. The van der Waals surface area contributed by atoms with Crippen LogP contribution >= 0.6 is 11.3 Å². The molecule has 27 heavy (non-hydrogen) atoms. The van der Waals surface area contributed by atoms with E-state index in [0.717, 1.165) is 12.8 Å². The molecule has 1 aromatic heterocycles. The highest BCUT2D eigenvalue weighted by atomic mass is 32.2. The zero-order valence-electron chi connectivity index (χ0n) is 15.2. The summed E-state index contributed by atoms with van der Waals surface area (Å²) in [5.41, 5.74) is 0.506. The summed E-state index contributed by atoms with van der Waals surface area (Å²) in [4.78, 5) is 17.5. The SMILES string of the molecule is Cc1ccc(C2CCCN2C(=O)c2ccc(S(=O)(=O)CCCC#N)cc2)s1. The minimum absolute atomic E-state index is 0.0558. The number of rotatable bonds is 6. The average molecular weight is 403 g/mol. The third kappa shape index (κ3) is 4.40. The van der Waals surface area contributed by atoms with E-state index >= 15 is 0 Å². The van der Waals surface area contributed by atoms with E-state index in [1.54, 1.807) is 23.5 Å². The van der Waals surface area contributed by atoms with E-state index in [4.69, 9.17) is 5.26 Å². The van der Waals surface area contributed by atoms with Gasteiger partial charge in [-0.1, -0.05) is 0 Å². The van der Waals surface area contributed by atoms with Gasteiger partial charge in [-0.05, 0) is 62.6 Å². The van der Waals surface area contributed by atoms with E-state index in [9.17, 15) is 13.2 Å². The number of hydrogen-bond donors (Lipinski definition) is 0. The van der Waals surface area contributed by atoms with E-state index in [-0.39, 0.29) is 29.0 Å². The largest absolute Gasteiger partial charge is 0.331 e. The lowest BCUT2D eigenvalue weighted by Crippen LogP contribution is -2.30. The zero-order chi connectivity index (χ0) is 19.4. The van der Waals surface area contributed by atoms with Gasteiger partial charge < -0.3 is 4.90 Å². The van der Waals surface area contributed by atoms with E-state index in [1.165, 1.54) is 21.9 Å². The first-order valence-corrected chi connectivity index (χ1v) is 11.5. The first-order chi connectivity index (χ1) is 12.9. The summed E-state index contributed by atoms with van der Waals surface area (Å²) < 4.78 is 24.6. The number of nitrogens with zero attached hydrogens (tertiary/aromatic N) is 2. The summed E-state index contributed by atoms with van der Waals surface area (Å²) >= 11 is 1.72. The Morgan fingerprint density at radius 3 is 2.63 bits per heavy atom. The highest BCUT2D eigenvalue weighted by molar-refractivity contribution is 7.91. The molecule has 1 aliphatic heterocycles. The fraction of sp³-hybridized carbons (Fsp3) is 0.400. The summed E-state index contributed by atoms with van der Waals surface area (Å²) in [6.45, 7) is 2.78. The molecule has 142 valence electrons. The Morgan fingerprint density at radius 2 is 2.00 bits per heavy atom. The normalized spacial score (nSPS) is 17.0. The van der Waals surface area contributed by atoms with Crippen LogP contribution in [0, 0.1) is 18.3 Å². The molecule has 1 aliphatic rings. The van der Waals surface area contributed by atoms with Crippen molar-refractivity contribution in [2.45, 2.75) is 43.5 Å². The van der Waals surface area contributed by atoms with Crippen LogP contribution in [-0.4, -0.2) is 31.5 Å². The lowest BCUT2D eigenvalue weighted by molar-refractivity contribution is 0.0737. The van der Waals surface area contributed by atoms with Gasteiger partial charge in [0.15, 0.2) is 9.84 Å². The molecule has 1 amide bonds. The van der Waals surface area contributed by atoms with Gasteiger partial charge in [0.2, 0.25) is 0 Å². The molecule has 0 saturated carbocycles. The molecule has 5 nitrogen and oxygen atoms in total. The Morgan fingerprint density at radius 1 is 1.26 bits per heavy atom. The third-order valence-corrected chi connectivity index (χ3v) is 7.68. The van der Waals surface area contributed by atoms with Crippen LogP contribution in [0.4, 0.5) is 0 Å². The van der Waals surface area contributed by atoms with Crippen LogP contribution < -0.4 is 0 Å². The van der Waals surface area contributed by atoms with Gasteiger partial charge >= 0.3 is 0 Å². The van der Waals surface area contributed by atoms with Gasteiger partial charge in [0.05, 0.1) is 22.8 Å². The molecule has 1 saturated heterocycles. The van der Waals surface area contributed by atoms with Crippen LogP contribution in [0.2, 0.25) is 0 Å². The van der Waals surface area contributed by atoms with Crippen molar-refractivity contribution in [1.29, 1.82) is 5.26 Å². The summed E-state index contributed by atoms with van der Waals surface area (Å²) in [7, 11) is -3.42. The number of carbonyl (C=O) groups is 1. The highest BCUT2D eigenvalue weighted by Crippen LogP contribution is 2.36. The number of likely N-dealkylation sites (tertiary alicyclic amines) is 1. The molecule has 1 aromatic carbocycles. The van der Waals surface area contributed by atoms with Gasteiger partial charge in [-0.15, -0.1) is 11.3 Å². The number of sulfone groups is 1. The highest BCUT2D eigenvalue weighted by Gasteiger charge is 2.31. The molecule has 2 aromatic rings. The van der Waals surface area contributed by atoms with Crippen molar-refractivity contribution >= 4 is 27.1 Å². The van der Waals surface area contributed by atoms with Crippen LogP contribution in [0.3, 0.4) is 0 Å². The monoisotopic (exact) mass is 402 g/mol. The van der Waals surface area contributed by atoms with E-state index in [1.807, 2.05) is 11.0 Å². The summed E-state index contributed by atoms with van der Waals surface area (Å²) in [6, 6.07) is 12.4. The van der Waals surface area contributed by atoms with Crippen LogP contribution in [-0.2, 0) is 9.84 Å². The number of benzene rings is 1. The second-order valence-corrected chi connectivity index (χ2v) is 10.1. The first-order valence-electron chi connectivity index (χ1n) is 8.99. The van der Waals surface area contributed by atoms with Crippen LogP contribution in [0.5, 0.6) is 0 Å². The van der Waals surface area contributed by atoms with Gasteiger partial charge in [-0.2, -0.15) is 5.26 Å². The van der Waals surface area contributed by atoms with Gasteiger partial charge in [-0.3, -0.25) is 4.79 Å². The summed E-state index contributed by atoms with van der Waals surface area (Å²) in [5.74, 6) is -0.114. The standard InChI is InChI=1S/C20H22N2O3S2/c1-15-6-11-19(26-15)18-5-4-13-22(18)20(23)16-7-9-17(10-8-16)27(24,25)14-3-2-12-21/h6-11,18H,2-5,13-14H2,1H3. The minimum Gasteiger partial charge on any atom is -0.331 e. The van der Waals surface area contributed by atoms with Crippen molar-refractivity contribution < 1.29 is 13.2 Å². The molecule has 2 heterocycles. The van der Waals surface area contributed by atoms with Crippen molar-refractivity contribution in [3.63, 3.8) is 0 Å². The number of unbranched alkanes of at least 4 members (excludes halogenated alkanes) is 1. The molecule has 1 atom stereocenters. The topological polar surface area (TPSA) is 78.2 Å². The van der Waals surface area contributed by atoms with Crippen molar-refractivity contribution in [2.24, 2.45) is 0 Å². The van der Waals surface area contributed by atoms with E-state index < -0.39 is 9.84 Å². The number of hydrogen-bond acceptors (Lipinski definition) is 5. The second-order valence-electron chi connectivity index (χ2n) is 6.71. The fourth-order valence-corrected chi connectivity index (χ4v) is 5.70. The van der Waals surface area contributed by atoms with Gasteiger partial charge in [0.25, 0.3) is 5.91 Å². The predicted octanol–water partition coefficient (Wildman–Crippen LogP) is 4.11. The van der Waals surface area contributed by atoms with E-state index in [2.05, 4.69) is 19.1 Å². The second kappa shape index (κ2) is 8.24. The van der Waals surface area contributed by atoms with Crippen molar-refractivity contribution in [2.75, 3.05) is 12.3 Å². The molecular weight excluding hydrogens is 380 g/mol. The number of amides is 1. The summed E-state index contributed by atoms with van der Waals surface area (Å²) in [6.07, 6.45) is 2.46. The molecule has 0 aliphatic carbocycles. The molecule has 3 rings (SSSR count). The van der Waals surface area contributed by atoms with Crippen molar-refractivity contribution in [1.82, 2.24) is 4.90 Å². The minimum atomic E-state index is -3.42. The molecule has 0 N–H and O–H groups in total. The quantitative estimate of drug-likeness (QED) is 0.681.